The standard InChI is InChI=1S/C18H21FN4OS/c1-13-17(25-12-20-13)18(24)23-10-16(11-23)22-8-6-21(7-9-22)15-4-2-14(19)3-5-15/h2-5,12,16H,6-11H2,1H3. The third-order valence-corrected chi connectivity index (χ3v) is 6.03. The number of halogens is 1. The second-order valence-corrected chi connectivity index (χ2v) is 7.49. The molecule has 0 spiro atoms. The van der Waals surface area contributed by atoms with Gasteiger partial charge in [0.15, 0.2) is 0 Å². The zero-order valence-corrected chi connectivity index (χ0v) is 15.0. The summed E-state index contributed by atoms with van der Waals surface area (Å²) in [6.07, 6.45) is 0. The molecule has 2 fully saturated rings. The number of thiazole rings is 1. The highest BCUT2D eigenvalue weighted by atomic mass is 32.1. The molecule has 4 rings (SSSR count). The number of hydrogen-bond acceptors (Lipinski definition) is 5. The fourth-order valence-electron chi connectivity index (χ4n) is 3.50. The van der Waals surface area contributed by atoms with Crippen molar-refractivity contribution in [3.05, 3.63) is 46.2 Å². The maximum absolute atomic E-state index is 13.0. The number of rotatable bonds is 3. The van der Waals surface area contributed by atoms with Crippen LogP contribution in [0.2, 0.25) is 0 Å². The number of aromatic nitrogens is 1. The van der Waals surface area contributed by atoms with E-state index in [2.05, 4.69) is 14.8 Å². The molecule has 0 N–H and O–H groups in total. The van der Waals surface area contributed by atoms with E-state index >= 15 is 0 Å². The molecule has 0 atom stereocenters. The SMILES string of the molecule is Cc1ncsc1C(=O)N1CC(N2CCN(c3ccc(F)cc3)CC2)C1. The number of piperazine rings is 1. The van der Waals surface area contributed by atoms with E-state index in [9.17, 15) is 9.18 Å². The number of anilines is 1. The van der Waals surface area contributed by atoms with Crippen molar-refractivity contribution in [2.45, 2.75) is 13.0 Å². The van der Waals surface area contributed by atoms with Crippen LogP contribution in [-0.2, 0) is 0 Å². The van der Waals surface area contributed by atoms with E-state index in [4.69, 9.17) is 0 Å². The van der Waals surface area contributed by atoms with E-state index in [-0.39, 0.29) is 11.7 Å². The van der Waals surface area contributed by atoms with Crippen LogP contribution in [0, 0.1) is 12.7 Å². The van der Waals surface area contributed by atoms with Crippen molar-refractivity contribution in [2.24, 2.45) is 0 Å². The van der Waals surface area contributed by atoms with Gasteiger partial charge in [-0.1, -0.05) is 0 Å². The number of hydrogen-bond donors (Lipinski definition) is 0. The Labute approximate surface area is 150 Å². The van der Waals surface area contributed by atoms with Crippen molar-refractivity contribution in [1.29, 1.82) is 0 Å². The minimum absolute atomic E-state index is 0.112. The molecule has 7 heteroatoms. The van der Waals surface area contributed by atoms with Crippen molar-refractivity contribution in [3.63, 3.8) is 0 Å². The quantitative estimate of drug-likeness (QED) is 0.842. The molecule has 0 radical (unpaired) electrons. The van der Waals surface area contributed by atoms with Gasteiger partial charge in [-0.2, -0.15) is 0 Å². The number of carbonyl (C=O) groups is 1. The highest BCUT2D eigenvalue weighted by molar-refractivity contribution is 7.11. The van der Waals surface area contributed by atoms with Crippen LogP contribution in [0.3, 0.4) is 0 Å². The van der Waals surface area contributed by atoms with Crippen molar-refractivity contribution in [3.8, 4) is 0 Å². The second-order valence-electron chi connectivity index (χ2n) is 6.63. The Bertz CT molecular complexity index is 749. The minimum atomic E-state index is -0.196. The normalized spacial score (nSPS) is 19.1. The average molecular weight is 360 g/mol. The number of nitrogens with zero attached hydrogens (tertiary/aromatic N) is 4. The summed E-state index contributed by atoms with van der Waals surface area (Å²) in [5.41, 5.74) is 3.63. The Morgan fingerprint density at radius 2 is 1.84 bits per heavy atom. The molecule has 25 heavy (non-hydrogen) atoms. The molecule has 2 aliphatic rings. The molecule has 0 aliphatic carbocycles. The Kier molecular flexibility index (Phi) is 4.43. The van der Waals surface area contributed by atoms with E-state index < -0.39 is 0 Å². The highest BCUT2D eigenvalue weighted by Gasteiger charge is 2.37. The van der Waals surface area contributed by atoms with Gasteiger partial charge in [-0.3, -0.25) is 9.69 Å². The fraction of sp³-hybridized carbons (Fsp3) is 0.444. The molecule has 3 heterocycles. The second kappa shape index (κ2) is 6.72. The molecular weight excluding hydrogens is 339 g/mol. The lowest BCUT2D eigenvalue weighted by Crippen LogP contribution is -2.64. The summed E-state index contributed by atoms with van der Waals surface area (Å²) < 4.78 is 13.0. The molecule has 132 valence electrons. The molecule has 0 bridgehead atoms. The Hall–Kier alpha value is -1.99. The molecule has 0 saturated carbocycles. The summed E-state index contributed by atoms with van der Waals surface area (Å²) in [4.78, 5) is 24.0. The molecule has 1 aromatic carbocycles. The summed E-state index contributed by atoms with van der Waals surface area (Å²) in [6, 6.07) is 7.16. The number of benzene rings is 1. The van der Waals surface area contributed by atoms with Crippen LogP contribution >= 0.6 is 11.3 Å². The molecule has 0 unspecified atom stereocenters. The van der Waals surface area contributed by atoms with Crippen molar-refractivity contribution >= 4 is 22.9 Å². The highest BCUT2D eigenvalue weighted by Crippen LogP contribution is 2.24. The third-order valence-electron chi connectivity index (χ3n) is 5.11. The first-order valence-corrected chi connectivity index (χ1v) is 9.44. The Morgan fingerprint density at radius 1 is 1.16 bits per heavy atom. The number of likely N-dealkylation sites (tertiary alicyclic amines) is 1. The summed E-state index contributed by atoms with van der Waals surface area (Å²) in [6.45, 7) is 7.30. The van der Waals surface area contributed by atoms with E-state index in [1.54, 1.807) is 5.51 Å². The molecular formula is C18H21FN4OS. The van der Waals surface area contributed by atoms with E-state index in [0.29, 0.717) is 6.04 Å². The zero-order chi connectivity index (χ0) is 17.4. The largest absolute Gasteiger partial charge is 0.369 e. The van der Waals surface area contributed by atoms with Gasteiger partial charge in [-0.15, -0.1) is 11.3 Å². The Balaban J connectivity index is 1.28. The maximum Gasteiger partial charge on any atom is 0.265 e. The average Bonchev–Trinajstić information content (AvgIpc) is 3.01. The number of aryl methyl sites for hydroxylation is 1. The summed E-state index contributed by atoms with van der Waals surface area (Å²) >= 11 is 1.42. The molecule has 1 aromatic heterocycles. The van der Waals surface area contributed by atoms with E-state index in [1.165, 1.54) is 23.5 Å². The van der Waals surface area contributed by atoms with Crippen LogP contribution in [0.4, 0.5) is 10.1 Å². The van der Waals surface area contributed by atoms with Crippen LogP contribution in [0.25, 0.3) is 0 Å². The Morgan fingerprint density at radius 3 is 2.44 bits per heavy atom. The first kappa shape index (κ1) is 16.5. The van der Waals surface area contributed by atoms with Crippen LogP contribution in [-0.4, -0.2) is 66.0 Å². The maximum atomic E-state index is 13.0. The topological polar surface area (TPSA) is 39.7 Å². The summed E-state index contributed by atoms with van der Waals surface area (Å²) in [5, 5.41) is 0. The lowest BCUT2D eigenvalue weighted by molar-refractivity contribution is 0.0250. The van der Waals surface area contributed by atoms with Gasteiger partial charge >= 0.3 is 0 Å². The van der Waals surface area contributed by atoms with Gasteiger partial charge in [0.2, 0.25) is 0 Å². The van der Waals surface area contributed by atoms with Crippen molar-refractivity contribution in [2.75, 3.05) is 44.2 Å². The van der Waals surface area contributed by atoms with Gasteiger partial charge in [0.05, 0.1) is 11.2 Å². The lowest BCUT2D eigenvalue weighted by atomic mass is 10.1. The number of amides is 1. The first-order chi connectivity index (χ1) is 12.1. The fourth-order valence-corrected chi connectivity index (χ4v) is 4.27. The van der Waals surface area contributed by atoms with E-state index in [0.717, 1.165) is 55.5 Å². The van der Waals surface area contributed by atoms with Gasteiger partial charge in [-0.25, -0.2) is 9.37 Å². The molecule has 2 saturated heterocycles. The van der Waals surface area contributed by atoms with Crippen LogP contribution in [0.5, 0.6) is 0 Å². The molecule has 1 amide bonds. The predicted molar refractivity (Wildman–Crippen MR) is 96.7 cm³/mol. The van der Waals surface area contributed by atoms with Crippen LogP contribution < -0.4 is 4.90 Å². The van der Waals surface area contributed by atoms with Gasteiger partial charge in [0, 0.05) is 51.0 Å². The zero-order valence-electron chi connectivity index (χ0n) is 14.2. The van der Waals surface area contributed by atoms with Crippen molar-refractivity contribution < 1.29 is 9.18 Å². The molecule has 2 aliphatic heterocycles. The third kappa shape index (κ3) is 3.26. The minimum Gasteiger partial charge on any atom is -0.369 e. The molecule has 5 nitrogen and oxygen atoms in total. The first-order valence-electron chi connectivity index (χ1n) is 8.56. The summed E-state index contributed by atoms with van der Waals surface area (Å²) in [7, 11) is 0. The van der Waals surface area contributed by atoms with Crippen LogP contribution in [0.1, 0.15) is 15.4 Å². The van der Waals surface area contributed by atoms with Gasteiger partial charge < -0.3 is 9.80 Å². The van der Waals surface area contributed by atoms with Crippen LogP contribution in [0.15, 0.2) is 29.8 Å². The smallest absolute Gasteiger partial charge is 0.265 e. The van der Waals surface area contributed by atoms with Gasteiger partial charge in [0.1, 0.15) is 10.7 Å². The molecule has 2 aromatic rings. The van der Waals surface area contributed by atoms with Crippen molar-refractivity contribution in [1.82, 2.24) is 14.8 Å². The monoisotopic (exact) mass is 360 g/mol. The van der Waals surface area contributed by atoms with Gasteiger partial charge in [0.25, 0.3) is 5.91 Å². The lowest BCUT2D eigenvalue weighted by Gasteiger charge is -2.48. The predicted octanol–water partition coefficient (Wildman–Crippen LogP) is 2.24. The van der Waals surface area contributed by atoms with Gasteiger partial charge in [-0.05, 0) is 31.2 Å². The van der Waals surface area contributed by atoms with E-state index in [1.807, 2.05) is 24.0 Å². The number of carbonyl (C=O) groups excluding carboxylic acids is 1. The summed E-state index contributed by atoms with van der Waals surface area (Å²) in [5.74, 6) is -0.0843.